The number of fused-ring (bicyclic) bond motifs is 1. The molecular formula is C21H30N4O3S. The van der Waals surface area contributed by atoms with Gasteiger partial charge in [0.2, 0.25) is 11.8 Å². The number of aromatic nitrogens is 1. The normalized spacial score (nSPS) is 16.7. The van der Waals surface area contributed by atoms with Crippen molar-refractivity contribution in [2.24, 2.45) is 5.92 Å². The van der Waals surface area contributed by atoms with Crippen LogP contribution in [0.5, 0.6) is 0 Å². The van der Waals surface area contributed by atoms with Gasteiger partial charge in [0, 0.05) is 44.4 Å². The highest BCUT2D eigenvalue weighted by molar-refractivity contribution is 7.13. The fourth-order valence-corrected chi connectivity index (χ4v) is 4.37. The van der Waals surface area contributed by atoms with E-state index in [9.17, 15) is 14.7 Å². The third kappa shape index (κ3) is 5.25. The molecule has 1 aromatic carbocycles. The number of carbonyl (C=O) groups is 2. The molecule has 3 rings (SSSR count). The van der Waals surface area contributed by atoms with E-state index in [1.165, 1.54) is 16.2 Å². The summed E-state index contributed by atoms with van der Waals surface area (Å²) in [6, 6.07) is 7.95. The number of hydrogen-bond donors (Lipinski definition) is 2. The van der Waals surface area contributed by atoms with Crippen molar-refractivity contribution < 1.29 is 14.7 Å². The lowest BCUT2D eigenvalue weighted by atomic mass is 10.00. The predicted molar refractivity (Wildman–Crippen MR) is 116 cm³/mol. The number of piperazine rings is 1. The number of nitrogens with one attached hydrogen (secondary N) is 1. The van der Waals surface area contributed by atoms with Crippen molar-refractivity contribution in [2.75, 3.05) is 37.7 Å². The van der Waals surface area contributed by atoms with Crippen LogP contribution in [-0.2, 0) is 9.59 Å². The number of aliphatic hydroxyl groups is 1. The molecule has 2 atom stereocenters. The molecule has 8 heteroatoms. The average Bonchev–Trinajstić information content (AvgIpc) is 3.19. The van der Waals surface area contributed by atoms with Crippen LogP contribution >= 0.6 is 11.5 Å². The van der Waals surface area contributed by atoms with Crippen molar-refractivity contribution in [1.29, 1.82) is 0 Å². The molecule has 1 fully saturated rings. The minimum atomic E-state index is -0.251. The zero-order valence-corrected chi connectivity index (χ0v) is 18.0. The van der Waals surface area contributed by atoms with Gasteiger partial charge in [-0.2, -0.15) is 4.37 Å². The number of aliphatic hydroxyl groups excluding tert-OH is 1. The first-order valence-electron chi connectivity index (χ1n) is 10.3. The van der Waals surface area contributed by atoms with Gasteiger partial charge < -0.3 is 20.2 Å². The number of carbonyl (C=O) groups excluding carboxylic acids is 2. The van der Waals surface area contributed by atoms with E-state index in [1.54, 1.807) is 0 Å². The van der Waals surface area contributed by atoms with Gasteiger partial charge in [-0.25, -0.2) is 0 Å². The first kappa shape index (κ1) is 21.5. The highest BCUT2D eigenvalue weighted by Crippen LogP contribution is 2.29. The van der Waals surface area contributed by atoms with E-state index < -0.39 is 0 Å². The summed E-state index contributed by atoms with van der Waals surface area (Å²) in [7, 11) is 0. The Labute approximate surface area is 175 Å². The minimum absolute atomic E-state index is 0.00650. The second kappa shape index (κ2) is 10.0. The van der Waals surface area contributed by atoms with Crippen molar-refractivity contribution in [3.63, 3.8) is 0 Å². The molecular weight excluding hydrogens is 388 g/mol. The molecule has 0 unspecified atom stereocenters. The van der Waals surface area contributed by atoms with Crippen LogP contribution in [0, 0.1) is 5.92 Å². The first-order valence-corrected chi connectivity index (χ1v) is 11.1. The van der Waals surface area contributed by atoms with Crippen LogP contribution in [0.1, 0.15) is 33.1 Å². The highest BCUT2D eigenvalue weighted by Gasteiger charge is 2.24. The molecule has 0 radical (unpaired) electrons. The molecule has 2 heterocycles. The molecule has 1 aliphatic rings. The Bertz CT molecular complexity index is 832. The van der Waals surface area contributed by atoms with Crippen molar-refractivity contribution in [3.8, 4) is 0 Å². The molecule has 0 bridgehead atoms. The SMILES string of the molecule is CC[C@@H](C)[C@H](CO)NC(=O)CCC(=O)N1CCN(c2nsc3ccccc23)CC1. The van der Waals surface area contributed by atoms with Crippen LogP contribution in [0.3, 0.4) is 0 Å². The Kier molecular flexibility index (Phi) is 7.44. The van der Waals surface area contributed by atoms with Crippen molar-refractivity contribution in [2.45, 2.75) is 39.2 Å². The topological polar surface area (TPSA) is 85.8 Å². The quantitative estimate of drug-likeness (QED) is 0.687. The Morgan fingerprint density at radius 2 is 1.93 bits per heavy atom. The van der Waals surface area contributed by atoms with E-state index in [2.05, 4.69) is 26.7 Å². The van der Waals surface area contributed by atoms with Gasteiger partial charge in [0.05, 0.1) is 17.3 Å². The molecule has 158 valence electrons. The predicted octanol–water partition coefficient (Wildman–Crippen LogP) is 2.25. The summed E-state index contributed by atoms with van der Waals surface area (Å²) in [5.74, 6) is 1.03. The Morgan fingerprint density at radius 1 is 1.21 bits per heavy atom. The van der Waals surface area contributed by atoms with Crippen LogP contribution in [0.15, 0.2) is 24.3 Å². The molecule has 0 saturated carbocycles. The smallest absolute Gasteiger partial charge is 0.223 e. The lowest BCUT2D eigenvalue weighted by molar-refractivity contribution is -0.134. The van der Waals surface area contributed by atoms with Crippen LogP contribution < -0.4 is 10.2 Å². The second-order valence-corrected chi connectivity index (χ2v) is 8.42. The van der Waals surface area contributed by atoms with Crippen LogP contribution in [0.2, 0.25) is 0 Å². The van der Waals surface area contributed by atoms with E-state index in [0.29, 0.717) is 13.1 Å². The molecule has 0 aliphatic carbocycles. The summed E-state index contributed by atoms with van der Waals surface area (Å²) in [5.41, 5.74) is 0. The summed E-state index contributed by atoms with van der Waals surface area (Å²) >= 11 is 1.50. The maximum atomic E-state index is 12.5. The summed E-state index contributed by atoms with van der Waals surface area (Å²) in [5, 5.41) is 13.4. The fraction of sp³-hybridized carbons (Fsp3) is 0.571. The Morgan fingerprint density at radius 3 is 2.62 bits per heavy atom. The van der Waals surface area contributed by atoms with Gasteiger partial charge in [0.1, 0.15) is 5.82 Å². The standard InChI is InChI=1S/C21H30N4O3S/c1-3-15(2)17(14-26)22-19(27)8-9-20(28)24-10-12-25(13-11-24)21-16-6-4-5-7-18(16)29-23-21/h4-7,15,17,26H,3,8-14H2,1-2H3,(H,22,27)/t15-,17+/m1/s1. The molecule has 1 aromatic heterocycles. The average molecular weight is 419 g/mol. The third-order valence-corrected chi connectivity index (χ3v) is 6.55. The molecule has 2 amide bonds. The van der Waals surface area contributed by atoms with E-state index in [0.717, 1.165) is 30.7 Å². The zero-order chi connectivity index (χ0) is 20.8. The van der Waals surface area contributed by atoms with Crippen LogP contribution in [0.25, 0.3) is 10.1 Å². The first-order chi connectivity index (χ1) is 14.0. The summed E-state index contributed by atoms with van der Waals surface area (Å²) in [6.45, 7) is 6.70. The number of hydrogen-bond acceptors (Lipinski definition) is 6. The molecule has 1 saturated heterocycles. The third-order valence-electron chi connectivity index (χ3n) is 5.73. The molecule has 2 aromatic rings. The highest BCUT2D eigenvalue weighted by atomic mass is 32.1. The largest absolute Gasteiger partial charge is 0.394 e. The lowest BCUT2D eigenvalue weighted by Crippen LogP contribution is -2.49. The van der Waals surface area contributed by atoms with Crippen molar-refractivity contribution >= 4 is 39.3 Å². The van der Waals surface area contributed by atoms with Gasteiger partial charge in [-0.05, 0) is 29.6 Å². The van der Waals surface area contributed by atoms with E-state index >= 15 is 0 Å². The molecule has 1 aliphatic heterocycles. The Balaban J connectivity index is 1.46. The summed E-state index contributed by atoms with van der Waals surface area (Å²) in [6.07, 6.45) is 1.23. The van der Waals surface area contributed by atoms with Crippen molar-refractivity contribution in [1.82, 2.24) is 14.6 Å². The lowest BCUT2D eigenvalue weighted by Gasteiger charge is -2.35. The fourth-order valence-electron chi connectivity index (χ4n) is 3.58. The maximum absolute atomic E-state index is 12.5. The monoisotopic (exact) mass is 418 g/mol. The summed E-state index contributed by atoms with van der Waals surface area (Å²) in [4.78, 5) is 28.7. The number of amides is 2. The number of benzene rings is 1. The molecule has 7 nitrogen and oxygen atoms in total. The van der Waals surface area contributed by atoms with E-state index in [-0.39, 0.29) is 43.2 Å². The van der Waals surface area contributed by atoms with Gasteiger partial charge in [-0.15, -0.1) is 0 Å². The number of anilines is 1. The van der Waals surface area contributed by atoms with Crippen molar-refractivity contribution in [3.05, 3.63) is 24.3 Å². The van der Waals surface area contributed by atoms with Crippen LogP contribution in [-0.4, -0.2) is 65.0 Å². The maximum Gasteiger partial charge on any atom is 0.223 e. The van der Waals surface area contributed by atoms with Crippen LogP contribution in [0.4, 0.5) is 5.82 Å². The molecule has 2 N–H and O–H groups in total. The summed E-state index contributed by atoms with van der Waals surface area (Å²) < 4.78 is 5.77. The van der Waals surface area contributed by atoms with Gasteiger partial charge >= 0.3 is 0 Å². The van der Waals surface area contributed by atoms with Gasteiger partial charge in [-0.1, -0.05) is 32.4 Å². The second-order valence-electron chi connectivity index (χ2n) is 7.61. The van der Waals surface area contributed by atoms with Gasteiger partial charge in [-0.3, -0.25) is 9.59 Å². The zero-order valence-electron chi connectivity index (χ0n) is 17.1. The number of nitrogens with zero attached hydrogens (tertiary/aromatic N) is 3. The minimum Gasteiger partial charge on any atom is -0.394 e. The van der Waals surface area contributed by atoms with Gasteiger partial charge in [0.25, 0.3) is 0 Å². The van der Waals surface area contributed by atoms with Gasteiger partial charge in [0.15, 0.2) is 0 Å². The van der Waals surface area contributed by atoms with E-state index in [1.807, 2.05) is 30.9 Å². The molecule has 29 heavy (non-hydrogen) atoms. The molecule has 0 spiro atoms. The Hall–Kier alpha value is -2.19. The van der Waals surface area contributed by atoms with E-state index in [4.69, 9.17) is 0 Å². The number of rotatable bonds is 8.